The van der Waals surface area contributed by atoms with Crippen molar-refractivity contribution in [2.75, 3.05) is 31.3 Å². The van der Waals surface area contributed by atoms with Gasteiger partial charge in [-0.05, 0) is 48.9 Å². The van der Waals surface area contributed by atoms with Crippen molar-refractivity contribution < 1.29 is 24.2 Å². The zero-order valence-corrected chi connectivity index (χ0v) is 17.8. The number of nitrogens with one attached hydrogen (secondary N) is 2. The van der Waals surface area contributed by atoms with Crippen LogP contribution in [-0.4, -0.2) is 71.0 Å². The number of hydrogen-bond donors (Lipinski definition) is 4. The molecule has 10 heteroatoms. The van der Waals surface area contributed by atoms with E-state index in [9.17, 15) is 24.2 Å². The van der Waals surface area contributed by atoms with Gasteiger partial charge in [-0.2, -0.15) is 0 Å². The SMILES string of the molecule is CN(C)C(=O)c1ccc(NC(=O)[C@H]2C[C@@H](O)CN2C(O)Nc2ccc(Cl)cc2)c(F)c1. The Kier molecular flexibility index (Phi) is 7.11. The fourth-order valence-corrected chi connectivity index (χ4v) is 3.49. The summed E-state index contributed by atoms with van der Waals surface area (Å²) in [6, 6.07) is 9.50. The third-order valence-electron chi connectivity index (χ3n) is 4.95. The molecule has 31 heavy (non-hydrogen) atoms. The van der Waals surface area contributed by atoms with Gasteiger partial charge in [0.25, 0.3) is 5.91 Å². The number of β-amino-alcohol motifs (C(OH)–C–C–N with tert-alkyl or cyclic N) is 1. The molecular formula is C21H24ClFN4O4. The molecule has 1 saturated heterocycles. The lowest BCUT2D eigenvalue weighted by Gasteiger charge is -2.29. The van der Waals surface area contributed by atoms with Crippen molar-refractivity contribution in [1.82, 2.24) is 9.80 Å². The predicted octanol–water partition coefficient (Wildman–Crippen LogP) is 1.94. The quantitative estimate of drug-likeness (QED) is 0.501. The smallest absolute Gasteiger partial charge is 0.253 e. The third-order valence-corrected chi connectivity index (χ3v) is 5.21. The van der Waals surface area contributed by atoms with E-state index in [0.29, 0.717) is 10.7 Å². The zero-order chi connectivity index (χ0) is 22.7. The van der Waals surface area contributed by atoms with Gasteiger partial charge in [0.05, 0.1) is 17.8 Å². The van der Waals surface area contributed by atoms with Crippen molar-refractivity contribution in [2.45, 2.75) is 24.9 Å². The largest absolute Gasteiger partial charge is 0.392 e. The number of anilines is 2. The number of likely N-dealkylation sites (tertiary alicyclic amines) is 1. The first-order chi connectivity index (χ1) is 14.7. The lowest BCUT2D eigenvalue weighted by Crippen LogP contribution is -2.48. The van der Waals surface area contributed by atoms with Gasteiger partial charge in [-0.15, -0.1) is 0 Å². The minimum atomic E-state index is -1.26. The monoisotopic (exact) mass is 450 g/mol. The van der Waals surface area contributed by atoms with E-state index in [0.717, 1.165) is 6.07 Å². The highest BCUT2D eigenvalue weighted by molar-refractivity contribution is 6.30. The Labute approximate surface area is 184 Å². The molecule has 0 bridgehead atoms. The molecule has 4 N–H and O–H groups in total. The minimum absolute atomic E-state index is 0.0542. The molecule has 1 aliphatic rings. The van der Waals surface area contributed by atoms with Gasteiger partial charge in [0.2, 0.25) is 5.91 Å². The van der Waals surface area contributed by atoms with Gasteiger partial charge in [0.1, 0.15) is 5.82 Å². The van der Waals surface area contributed by atoms with Crippen molar-refractivity contribution in [3.8, 4) is 0 Å². The minimum Gasteiger partial charge on any atom is -0.392 e. The third kappa shape index (κ3) is 5.50. The number of rotatable bonds is 6. The summed E-state index contributed by atoms with van der Waals surface area (Å²) in [7, 11) is 3.11. The second-order valence-corrected chi connectivity index (χ2v) is 7.95. The predicted molar refractivity (Wildman–Crippen MR) is 115 cm³/mol. The van der Waals surface area contributed by atoms with Crippen LogP contribution in [0.4, 0.5) is 15.8 Å². The molecule has 1 fully saturated rings. The maximum absolute atomic E-state index is 14.5. The maximum Gasteiger partial charge on any atom is 0.253 e. The topological polar surface area (TPSA) is 105 Å². The molecule has 0 saturated carbocycles. The van der Waals surface area contributed by atoms with Crippen molar-refractivity contribution in [1.29, 1.82) is 0 Å². The van der Waals surface area contributed by atoms with Crippen LogP contribution < -0.4 is 10.6 Å². The van der Waals surface area contributed by atoms with E-state index >= 15 is 0 Å². The van der Waals surface area contributed by atoms with Crippen LogP contribution in [0, 0.1) is 5.82 Å². The van der Waals surface area contributed by atoms with Crippen molar-refractivity contribution in [3.63, 3.8) is 0 Å². The number of hydrogen-bond acceptors (Lipinski definition) is 6. The first-order valence-corrected chi connectivity index (χ1v) is 9.99. The molecule has 2 aromatic carbocycles. The number of aliphatic hydroxyl groups excluding tert-OH is 2. The average Bonchev–Trinajstić information content (AvgIpc) is 3.12. The molecule has 0 radical (unpaired) electrons. The number of nitrogens with zero attached hydrogens (tertiary/aromatic N) is 2. The number of amides is 2. The van der Waals surface area contributed by atoms with E-state index in [2.05, 4.69) is 10.6 Å². The van der Waals surface area contributed by atoms with Gasteiger partial charge in [-0.3, -0.25) is 9.59 Å². The summed E-state index contributed by atoms with van der Waals surface area (Å²) < 4.78 is 14.5. The molecule has 0 aliphatic carbocycles. The number of aliphatic hydroxyl groups is 2. The van der Waals surface area contributed by atoms with Crippen LogP contribution in [0.15, 0.2) is 42.5 Å². The fourth-order valence-electron chi connectivity index (χ4n) is 3.37. The number of carbonyl (C=O) groups excluding carboxylic acids is 2. The van der Waals surface area contributed by atoms with Crippen LogP contribution in [0.1, 0.15) is 16.8 Å². The highest BCUT2D eigenvalue weighted by Gasteiger charge is 2.39. The molecule has 166 valence electrons. The lowest BCUT2D eigenvalue weighted by atomic mass is 10.1. The van der Waals surface area contributed by atoms with Crippen molar-refractivity contribution in [2.24, 2.45) is 0 Å². The van der Waals surface area contributed by atoms with Crippen molar-refractivity contribution in [3.05, 3.63) is 58.9 Å². The molecule has 0 aromatic heterocycles. The van der Waals surface area contributed by atoms with E-state index < -0.39 is 30.2 Å². The first kappa shape index (κ1) is 23.0. The Bertz CT molecular complexity index is 957. The number of carbonyl (C=O) groups is 2. The van der Waals surface area contributed by atoms with E-state index in [1.54, 1.807) is 38.4 Å². The summed E-state index contributed by atoms with van der Waals surface area (Å²) in [5.41, 5.74) is 0.632. The molecule has 3 rings (SSSR count). The van der Waals surface area contributed by atoms with Crippen LogP contribution in [0.2, 0.25) is 5.02 Å². The van der Waals surface area contributed by atoms with Crippen LogP contribution in [0.5, 0.6) is 0 Å². The van der Waals surface area contributed by atoms with E-state index in [1.165, 1.54) is 21.9 Å². The van der Waals surface area contributed by atoms with Gasteiger partial charge in [0.15, 0.2) is 6.35 Å². The molecule has 2 aromatic rings. The Hall–Kier alpha value is -2.72. The molecule has 3 atom stereocenters. The molecular weight excluding hydrogens is 427 g/mol. The summed E-state index contributed by atoms with van der Waals surface area (Å²) in [5.74, 6) is -1.71. The molecule has 1 unspecified atom stereocenters. The molecule has 1 aliphatic heterocycles. The summed E-state index contributed by atoms with van der Waals surface area (Å²) >= 11 is 5.85. The van der Waals surface area contributed by atoms with Gasteiger partial charge in [-0.1, -0.05) is 11.6 Å². The Morgan fingerprint density at radius 2 is 1.90 bits per heavy atom. The number of benzene rings is 2. The lowest BCUT2D eigenvalue weighted by molar-refractivity contribution is -0.123. The normalized spacial score (nSPS) is 19.7. The summed E-state index contributed by atoms with van der Waals surface area (Å²) in [4.78, 5) is 27.5. The van der Waals surface area contributed by atoms with E-state index in [1.807, 2.05) is 0 Å². The van der Waals surface area contributed by atoms with Gasteiger partial charge in [0, 0.05) is 36.9 Å². The molecule has 1 heterocycles. The van der Waals surface area contributed by atoms with Gasteiger partial charge in [-0.25, -0.2) is 9.29 Å². The van der Waals surface area contributed by atoms with Gasteiger partial charge >= 0.3 is 0 Å². The zero-order valence-electron chi connectivity index (χ0n) is 17.0. The van der Waals surface area contributed by atoms with E-state index in [-0.39, 0.29) is 30.1 Å². The number of halogens is 2. The van der Waals surface area contributed by atoms with Crippen LogP contribution in [0.25, 0.3) is 0 Å². The highest BCUT2D eigenvalue weighted by Crippen LogP contribution is 2.24. The summed E-state index contributed by atoms with van der Waals surface area (Å²) in [6.07, 6.45) is -2.02. The Balaban J connectivity index is 1.70. The van der Waals surface area contributed by atoms with Crippen LogP contribution >= 0.6 is 11.6 Å². The maximum atomic E-state index is 14.5. The first-order valence-electron chi connectivity index (χ1n) is 9.61. The standard InChI is InChI=1S/C21H24ClFN4O4/c1-26(2)20(30)12-3-8-17(16(23)9-12)25-19(29)18-10-15(28)11-27(18)21(31)24-14-6-4-13(22)5-7-14/h3-9,15,18,21,24,28,31H,10-11H2,1-2H3,(H,25,29)/t15-,18-,21?/m1/s1. The Morgan fingerprint density at radius 3 is 2.52 bits per heavy atom. The summed E-state index contributed by atoms with van der Waals surface area (Å²) in [5, 5.41) is 26.4. The summed E-state index contributed by atoms with van der Waals surface area (Å²) in [6.45, 7) is 0.0542. The van der Waals surface area contributed by atoms with Gasteiger partial charge < -0.3 is 25.7 Å². The highest BCUT2D eigenvalue weighted by atomic mass is 35.5. The van der Waals surface area contributed by atoms with Crippen LogP contribution in [0.3, 0.4) is 0 Å². The molecule has 0 spiro atoms. The second kappa shape index (κ2) is 9.61. The second-order valence-electron chi connectivity index (χ2n) is 7.51. The molecule has 2 amide bonds. The average molecular weight is 451 g/mol. The van der Waals surface area contributed by atoms with E-state index in [4.69, 9.17) is 11.6 Å². The Morgan fingerprint density at radius 1 is 1.23 bits per heavy atom. The van der Waals surface area contributed by atoms with Crippen molar-refractivity contribution >= 4 is 34.8 Å². The van der Waals surface area contributed by atoms with Crippen LogP contribution in [-0.2, 0) is 4.79 Å². The molecule has 8 nitrogen and oxygen atoms in total. The fraction of sp³-hybridized carbons (Fsp3) is 0.333.